The second-order valence-electron chi connectivity index (χ2n) is 5.12. The van der Waals surface area contributed by atoms with Crippen LogP contribution in [-0.4, -0.2) is 37.7 Å². The third-order valence-electron chi connectivity index (χ3n) is 3.66. The molecule has 0 aromatic rings. The minimum absolute atomic E-state index is 0.148. The fourth-order valence-electron chi connectivity index (χ4n) is 2.64. The average Bonchev–Trinajstić information content (AvgIpc) is 2.83. The number of carbonyl (C=O) groups is 1. The van der Waals surface area contributed by atoms with Gasteiger partial charge in [-0.05, 0) is 45.1 Å². The zero-order valence-electron chi connectivity index (χ0n) is 10.5. The summed E-state index contributed by atoms with van der Waals surface area (Å²) in [6.45, 7) is 2.75. The average molecular weight is 240 g/mol. The van der Waals surface area contributed by atoms with Gasteiger partial charge in [0.05, 0.1) is 12.5 Å². The molecule has 98 valence electrons. The van der Waals surface area contributed by atoms with E-state index in [9.17, 15) is 4.79 Å². The van der Waals surface area contributed by atoms with Crippen LogP contribution in [0.2, 0.25) is 0 Å². The summed E-state index contributed by atoms with van der Waals surface area (Å²) >= 11 is 0. The maximum Gasteiger partial charge on any atom is 0.222 e. The van der Waals surface area contributed by atoms with Gasteiger partial charge in [0, 0.05) is 19.2 Å². The van der Waals surface area contributed by atoms with Crippen molar-refractivity contribution in [3.8, 4) is 0 Å². The zero-order chi connectivity index (χ0) is 11.9. The molecule has 2 saturated heterocycles. The summed E-state index contributed by atoms with van der Waals surface area (Å²) in [5.41, 5.74) is 0. The topological polar surface area (TPSA) is 50.4 Å². The Bertz CT molecular complexity index is 234. The van der Waals surface area contributed by atoms with Crippen LogP contribution in [0, 0.1) is 0 Å². The Morgan fingerprint density at radius 1 is 1.29 bits per heavy atom. The van der Waals surface area contributed by atoms with E-state index in [1.807, 2.05) is 0 Å². The number of hydrogen-bond donors (Lipinski definition) is 2. The first-order valence-corrected chi connectivity index (χ1v) is 6.96. The smallest absolute Gasteiger partial charge is 0.222 e. The van der Waals surface area contributed by atoms with Gasteiger partial charge in [-0.15, -0.1) is 0 Å². The third kappa shape index (κ3) is 4.64. The van der Waals surface area contributed by atoms with Crippen molar-refractivity contribution in [2.24, 2.45) is 0 Å². The Hall–Kier alpha value is -0.610. The van der Waals surface area contributed by atoms with Crippen molar-refractivity contribution in [2.45, 2.75) is 57.1 Å². The van der Waals surface area contributed by atoms with Crippen LogP contribution in [-0.2, 0) is 9.53 Å². The Balaban J connectivity index is 1.53. The van der Waals surface area contributed by atoms with Crippen molar-refractivity contribution in [3.05, 3.63) is 0 Å². The Morgan fingerprint density at radius 3 is 2.94 bits per heavy atom. The second-order valence-corrected chi connectivity index (χ2v) is 5.12. The summed E-state index contributed by atoms with van der Waals surface area (Å²) in [5.74, 6) is 0.148. The van der Waals surface area contributed by atoms with E-state index in [4.69, 9.17) is 4.74 Å². The molecule has 0 aromatic carbocycles. The lowest BCUT2D eigenvalue weighted by atomic mass is 10.1. The lowest BCUT2D eigenvalue weighted by Gasteiger charge is -2.22. The van der Waals surface area contributed by atoms with Crippen molar-refractivity contribution in [3.63, 3.8) is 0 Å². The molecule has 2 unspecified atom stereocenters. The van der Waals surface area contributed by atoms with Crippen molar-refractivity contribution in [1.29, 1.82) is 0 Å². The van der Waals surface area contributed by atoms with Crippen LogP contribution < -0.4 is 10.6 Å². The molecule has 2 fully saturated rings. The van der Waals surface area contributed by atoms with Crippen LogP contribution in [0.3, 0.4) is 0 Å². The predicted octanol–water partition coefficient (Wildman–Crippen LogP) is 1.20. The van der Waals surface area contributed by atoms with Gasteiger partial charge >= 0.3 is 0 Å². The maximum atomic E-state index is 11.7. The number of nitrogens with one attached hydrogen (secondary N) is 2. The van der Waals surface area contributed by atoms with Crippen LogP contribution >= 0.6 is 0 Å². The Kier molecular flexibility index (Phi) is 5.26. The van der Waals surface area contributed by atoms with Crippen LogP contribution in [0.1, 0.15) is 44.9 Å². The number of ether oxygens (including phenoxy) is 1. The molecular formula is C13H24N2O2. The molecule has 2 N–H and O–H groups in total. The number of amides is 1. The van der Waals surface area contributed by atoms with Crippen molar-refractivity contribution in [1.82, 2.24) is 10.6 Å². The fourth-order valence-corrected chi connectivity index (χ4v) is 2.64. The molecule has 2 heterocycles. The predicted molar refractivity (Wildman–Crippen MR) is 66.9 cm³/mol. The highest BCUT2D eigenvalue weighted by Crippen LogP contribution is 2.15. The minimum Gasteiger partial charge on any atom is -0.378 e. The van der Waals surface area contributed by atoms with Gasteiger partial charge in [0.1, 0.15) is 0 Å². The Labute approximate surface area is 103 Å². The van der Waals surface area contributed by atoms with E-state index in [-0.39, 0.29) is 12.0 Å². The van der Waals surface area contributed by atoms with Crippen LogP contribution in [0.15, 0.2) is 0 Å². The summed E-state index contributed by atoms with van der Waals surface area (Å²) < 4.78 is 5.56. The molecule has 0 aromatic heterocycles. The maximum absolute atomic E-state index is 11.7. The molecule has 0 radical (unpaired) electrons. The van der Waals surface area contributed by atoms with Gasteiger partial charge in [0.15, 0.2) is 0 Å². The molecule has 4 nitrogen and oxygen atoms in total. The second kappa shape index (κ2) is 6.97. The molecule has 0 spiro atoms. The van der Waals surface area contributed by atoms with Gasteiger partial charge in [0.25, 0.3) is 0 Å². The van der Waals surface area contributed by atoms with Gasteiger partial charge in [-0.25, -0.2) is 0 Å². The molecule has 2 aliphatic rings. The lowest BCUT2D eigenvalue weighted by Crippen LogP contribution is -2.33. The molecule has 0 saturated carbocycles. The highest BCUT2D eigenvalue weighted by Gasteiger charge is 2.18. The normalized spacial score (nSPS) is 29.2. The highest BCUT2D eigenvalue weighted by molar-refractivity contribution is 5.76. The molecule has 1 amide bonds. The summed E-state index contributed by atoms with van der Waals surface area (Å²) in [5, 5.41) is 6.43. The van der Waals surface area contributed by atoms with Crippen LogP contribution in [0.5, 0.6) is 0 Å². The summed E-state index contributed by atoms with van der Waals surface area (Å²) in [4.78, 5) is 11.7. The largest absolute Gasteiger partial charge is 0.378 e. The van der Waals surface area contributed by atoms with Crippen molar-refractivity contribution in [2.75, 3.05) is 19.7 Å². The quantitative estimate of drug-likeness (QED) is 0.759. The molecule has 2 rings (SSSR count). The standard InChI is InChI=1S/C13H24N2O2/c16-13(10-12-5-1-2-9-17-12)15-8-6-11-4-3-7-14-11/h11-12,14H,1-10H2,(H,15,16). The molecule has 4 heteroatoms. The van der Waals surface area contributed by atoms with Crippen molar-refractivity contribution < 1.29 is 9.53 Å². The van der Waals surface area contributed by atoms with E-state index in [1.54, 1.807) is 0 Å². The van der Waals surface area contributed by atoms with E-state index in [0.717, 1.165) is 39.0 Å². The van der Waals surface area contributed by atoms with Crippen LogP contribution in [0.25, 0.3) is 0 Å². The van der Waals surface area contributed by atoms with E-state index in [1.165, 1.54) is 19.3 Å². The van der Waals surface area contributed by atoms with Gasteiger partial charge < -0.3 is 15.4 Å². The molecule has 0 bridgehead atoms. The van der Waals surface area contributed by atoms with Gasteiger partial charge in [-0.3, -0.25) is 4.79 Å². The first-order chi connectivity index (χ1) is 8.34. The van der Waals surface area contributed by atoms with E-state index in [0.29, 0.717) is 12.5 Å². The zero-order valence-corrected chi connectivity index (χ0v) is 10.5. The molecular weight excluding hydrogens is 216 g/mol. The minimum atomic E-state index is 0.148. The van der Waals surface area contributed by atoms with E-state index < -0.39 is 0 Å². The number of hydrogen-bond acceptors (Lipinski definition) is 3. The SMILES string of the molecule is O=C(CC1CCCCO1)NCCC1CCCN1. The molecule has 2 atom stereocenters. The van der Waals surface area contributed by atoms with Crippen molar-refractivity contribution >= 4 is 5.91 Å². The van der Waals surface area contributed by atoms with Gasteiger partial charge in [-0.2, -0.15) is 0 Å². The summed E-state index contributed by atoms with van der Waals surface area (Å²) in [6.07, 6.45) is 7.66. The fraction of sp³-hybridized carbons (Fsp3) is 0.923. The lowest BCUT2D eigenvalue weighted by molar-refractivity contribution is -0.124. The first kappa shape index (κ1) is 12.8. The van der Waals surface area contributed by atoms with Gasteiger partial charge in [0.2, 0.25) is 5.91 Å². The Morgan fingerprint density at radius 2 is 2.24 bits per heavy atom. The van der Waals surface area contributed by atoms with E-state index in [2.05, 4.69) is 10.6 Å². The molecule has 0 aliphatic carbocycles. The van der Waals surface area contributed by atoms with E-state index >= 15 is 0 Å². The monoisotopic (exact) mass is 240 g/mol. The summed E-state index contributed by atoms with van der Waals surface area (Å²) in [7, 11) is 0. The first-order valence-electron chi connectivity index (χ1n) is 6.96. The molecule has 17 heavy (non-hydrogen) atoms. The number of rotatable bonds is 5. The summed E-state index contributed by atoms with van der Waals surface area (Å²) in [6, 6.07) is 0.612. The third-order valence-corrected chi connectivity index (χ3v) is 3.66. The highest BCUT2D eigenvalue weighted by atomic mass is 16.5. The van der Waals surface area contributed by atoms with Gasteiger partial charge in [-0.1, -0.05) is 0 Å². The molecule has 2 aliphatic heterocycles. The van der Waals surface area contributed by atoms with Crippen LogP contribution in [0.4, 0.5) is 0 Å². The number of carbonyl (C=O) groups excluding carboxylic acids is 1.